The Hall–Kier alpha value is -3.46. The number of anilines is 2. The van der Waals surface area contributed by atoms with Gasteiger partial charge in [-0.25, -0.2) is 9.18 Å². The van der Waals surface area contributed by atoms with Gasteiger partial charge in [-0.05, 0) is 43.2 Å². The van der Waals surface area contributed by atoms with Gasteiger partial charge in [-0.3, -0.25) is 14.7 Å². The SMILES string of the molecule is CC1=Nc2ccccc2CC1C(=O)NC[C@H]1CN(c2ccc(N3CCOCC3)c(F)c2)C(=O)O1. The second-order valence-electron chi connectivity index (χ2n) is 8.74. The number of benzene rings is 2. The monoisotopic (exact) mass is 466 g/mol. The predicted molar refractivity (Wildman–Crippen MR) is 126 cm³/mol. The highest BCUT2D eigenvalue weighted by Crippen LogP contribution is 2.30. The maximum atomic E-state index is 14.8. The molecular weight excluding hydrogens is 439 g/mol. The van der Waals surface area contributed by atoms with Gasteiger partial charge < -0.3 is 19.7 Å². The quantitative estimate of drug-likeness (QED) is 0.732. The summed E-state index contributed by atoms with van der Waals surface area (Å²) in [4.78, 5) is 33.2. The smallest absolute Gasteiger partial charge is 0.414 e. The van der Waals surface area contributed by atoms with E-state index >= 15 is 0 Å². The number of carbonyl (C=O) groups excluding carboxylic acids is 2. The van der Waals surface area contributed by atoms with Gasteiger partial charge in [0, 0.05) is 18.8 Å². The van der Waals surface area contributed by atoms with E-state index in [1.165, 1.54) is 11.0 Å². The fourth-order valence-corrected chi connectivity index (χ4v) is 4.61. The van der Waals surface area contributed by atoms with E-state index in [-0.39, 0.29) is 24.9 Å². The maximum absolute atomic E-state index is 14.8. The number of amides is 2. The standard InChI is InChI=1S/C25H27FN4O4/c1-16-20(12-17-4-2-3-5-22(17)28-16)24(31)27-14-19-15-30(25(32)34-19)18-6-7-23(21(26)13-18)29-8-10-33-11-9-29/h2-7,13,19-20H,8-12,14-15H2,1H3,(H,27,31)/t19-,20?/m0/s1. The van der Waals surface area contributed by atoms with Crippen molar-refractivity contribution in [2.45, 2.75) is 19.4 Å². The summed E-state index contributed by atoms with van der Waals surface area (Å²) in [5.74, 6) is -0.896. The number of carbonyl (C=O) groups is 2. The number of aliphatic imine (C=N–C) groups is 1. The van der Waals surface area contributed by atoms with Crippen LogP contribution in [0.25, 0.3) is 0 Å². The van der Waals surface area contributed by atoms with Crippen LogP contribution in [0.5, 0.6) is 0 Å². The fraction of sp³-hybridized carbons (Fsp3) is 0.400. The molecule has 0 aromatic heterocycles. The van der Waals surface area contributed by atoms with Crippen molar-refractivity contribution in [3.63, 3.8) is 0 Å². The predicted octanol–water partition coefficient (Wildman–Crippen LogP) is 3.07. The number of nitrogens with zero attached hydrogens (tertiary/aromatic N) is 3. The largest absolute Gasteiger partial charge is 0.442 e. The lowest BCUT2D eigenvalue weighted by Gasteiger charge is -2.29. The molecule has 3 aliphatic rings. The van der Waals surface area contributed by atoms with Gasteiger partial charge in [0.1, 0.15) is 11.9 Å². The van der Waals surface area contributed by atoms with E-state index < -0.39 is 18.0 Å². The molecule has 1 N–H and O–H groups in total. The molecule has 2 saturated heterocycles. The normalized spacial score (nSPS) is 22.2. The number of hydrogen-bond donors (Lipinski definition) is 1. The summed E-state index contributed by atoms with van der Waals surface area (Å²) >= 11 is 0. The van der Waals surface area contributed by atoms with E-state index in [0.717, 1.165) is 17.0 Å². The lowest BCUT2D eigenvalue weighted by Crippen LogP contribution is -2.41. The van der Waals surface area contributed by atoms with Gasteiger partial charge in [-0.1, -0.05) is 18.2 Å². The topological polar surface area (TPSA) is 83.5 Å². The van der Waals surface area contributed by atoms with E-state index in [1.54, 1.807) is 12.1 Å². The Morgan fingerprint density at radius 1 is 1.21 bits per heavy atom. The minimum atomic E-state index is -0.554. The molecular formula is C25H27FN4O4. The average Bonchev–Trinajstić information content (AvgIpc) is 3.23. The summed E-state index contributed by atoms with van der Waals surface area (Å²) in [5, 5.41) is 2.90. The number of nitrogens with one attached hydrogen (secondary N) is 1. The van der Waals surface area contributed by atoms with Crippen molar-refractivity contribution in [3.05, 3.63) is 53.8 Å². The molecule has 0 radical (unpaired) electrons. The van der Waals surface area contributed by atoms with Crippen LogP contribution in [-0.4, -0.2) is 63.2 Å². The molecule has 0 spiro atoms. The maximum Gasteiger partial charge on any atom is 0.414 e. The summed E-state index contributed by atoms with van der Waals surface area (Å²) in [6, 6.07) is 12.5. The molecule has 178 valence electrons. The van der Waals surface area contributed by atoms with Crippen LogP contribution >= 0.6 is 0 Å². The number of halogens is 1. The molecule has 34 heavy (non-hydrogen) atoms. The van der Waals surface area contributed by atoms with Gasteiger partial charge in [0.15, 0.2) is 0 Å². The van der Waals surface area contributed by atoms with Gasteiger partial charge in [0.25, 0.3) is 0 Å². The lowest BCUT2D eigenvalue weighted by atomic mass is 9.90. The Morgan fingerprint density at radius 2 is 2.00 bits per heavy atom. The van der Waals surface area contributed by atoms with Crippen molar-refractivity contribution in [1.82, 2.24) is 5.32 Å². The first kappa shape index (κ1) is 22.3. The van der Waals surface area contributed by atoms with Gasteiger partial charge >= 0.3 is 6.09 Å². The Morgan fingerprint density at radius 3 is 2.79 bits per heavy atom. The van der Waals surface area contributed by atoms with Gasteiger partial charge in [0.2, 0.25) is 5.91 Å². The van der Waals surface area contributed by atoms with Gasteiger partial charge in [-0.2, -0.15) is 0 Å². The number of hydrogen-bond acceptors (Lipinski definition) is 6. The van der Waals surface area contributed by atoms with E-state index in [4.69, 9.17) is 9.47 Å². The molecule has 5 rings (SSSR count). The van der Waals surface area contributed by atoms with Crippen molar-refractivity contribution >= 4 is 34.8 Å². The van der Waals surface area contributed by atoms with E-state index in [1.807, 2.05) is 36.1 Å². The highest BCUT2D eigenvalue weighted by atomic mass is 19.1. The summed E-state index contributed by atoms with van der Waals surface area (Å²) in [6.45, 7) is 4.64. The third kappa shape index (κ3) is 4.48. The highest BCUT2D eigenvalue weighted by molar-refractivity contribution is 6.05. The molecule has 2 aromatic rings. The molecule has 3 heterocycles. The zero-order chi connectivity index (χ0) is 23.7. The molecule has 2 aromatic carbocycles. The molecule has 1 unspecified atom stereocenters. The van der Waals surface area contributed by atoms with Crippen LogP contribution < -0.4 is 15.1 Å². The number of cyclic esters (lactones) is 1. The molecule has 0 saturated carbocycles. The Labute approximate surface area is 197 Å². The number of para-hydroxylation sites is 1. The van der Waals surface area contributed by atoms with Crippen molar-refractivity contribution < 1.29 is 23.5 Å². The Bertz CT molecular complexity index is 1130. The van der Waals surface area contributed by atoms with Crippen molar-refractivity contribution in [1.29, 1.82) is 0 Å². The van der Waals surface area contributed by atoms with Gasteiger partial charge in [0.05, 0.1) is 49.3 Å². The average molecular weight is 467 g/mol. The van der Waals surface area contributed by atoms with Crippen molar-refractivity contribution in [2.24, 2.45) is 10.9 Å². The molecule has 8 nitrogen and oxygen atoms in total. The van der Waals surface area contributed by atoms with Crippen molar-refractivity contribution in [2.75, 3.05) is 49.2 Å². The first-order valence-corrected chi connectivity index (χ1v) is 11.5. The summed E-state index contributed by atoms with van der Waals surface area (Å²) in [5.41, 5.74) is 3.62. The molecule has 3 aliphatic heterocycles. The zero-order valence-electron chi connectivity index (χ0n) is 19.0. The van der Waals surface area contributed by atoms with E-state index in [9.17, 15) is 14.0 Å². The molecule has 2 atom stereocenters. The number of ether oxygens (including phenoxy) is 2. The second kappa shape index (κ2) is 9.42. The lowest BCUT2D eigenvalue weighted by molar-refractivity contribution is -0.123. The third-order valence-corrected chi connectivity index (χ3v) is 6.51. The minimum absolute atomic E-state index is 0.147. The van der Waals surface area contributed by atoms with Crippen LogP contribution in [0, 0.1) is 11.7 Å². The van der Waals surface area contributed by atoms with Gasteiger partial charge in [-0.15, -0.1) is 0 Å². The third-order valence-electron chi connectivity index (χ3n) is 6.51. The Kier molecular flexibility index (Phi) is 6.19. The van der Waals surface area contributed by atoms with Crippen LogP contribution in [0.2, 0.25) is 0 Å². The zero-order valence-corrected chi connectivity index (χ0v) is 19.0. The first-order chi connectivity index (χ1) is 16.5. The van der Waals surface area contributed by atoms with Crippen LogP contribution in [0.4, 0.5) is 26.2 Å². The summed E-state index contributed by atoms with van der Waals surface area (Å²) in [7, 11) is 0. The molecule has 2 amide bonds. The number of rotatable bonds is 5. The second-order valence-corrected chi connectivity index (χ2v) is 8.74. The first-order valence-electron chi connectivity index (χ1n) is 11.5. The number of fused-ring (bicyclic) bond motifs is 1. The van der Waals surface area contributed by atoms with Crippen LogP contribution in [0.1, 0.15) is 12.5 Å². The molecule has 0 bridgehead atoms. The van der Waals surface area contributed by atoms with Crippen LogP contribution in [0.3, 0.4) is 0 Å². The fourth-order valence-electron chi connectivity index (χ4n) is 4.61. The van der Waals surface area contributed by atoms with Crippen LogP contribution in [-0.2, 0) is 20.7 Å². The van der Waals surface area contributed by atoms with Crippen LogP contribution in [0.15, 0.2) is 47.5 Å². The number of morpholine rings is 1. The van der Waals surface area contributed by atoms with Crippen molar-refractivity contribution in [3.8, 4) is 0 Å². The molecule has 2 fully saturated rings. The van der Waals surface area contributed by atoms with E-state index in [2.05, 4.69) is 10.3 Å². The Balaban J connectivity index is 1.19. The summed E-state index contributed by atoms with van der Waals surface area (Å²) < 4.78 is 25.5. The van der Waals surface area contributed by atoms with E-state index in [0.29, 0.717) is 44.1 Å². The summed E-state index contributed by atoms with van der Waals surface area (Å²) in [6.07, 6.45) is -0.489. The molecule has 0 aliphatic carbocycles. The molecule has 9 heteroatoms. The minimum Gasteiger partial charge on any atom is -0.442 e. The highest BCUT2D eigenvalue weighted by Gasteiger charge is 2.34.